The van der Waals surface area contributed by atoms with Crippen molar-refractivity contribution in [2.75, 3.05) is 7.05 Å². The molecule has 8 nitrogen and oxygen atoms in total. The molecule has 2 aromatic rings. The van der Waals surface area contributed by atoms with Crippen LogP contribution in [0.25, 0.3) is 0 Å². The van der Waals surface area contributed by atoms with Crippen molar-refractivity contribution < 1.29 is 18.8 Å². The normalized spacial score (nSPS) is 21.3. The number of halogens is 1. The monoisotopic (exact) mass is 455 g/mol. The molecule has 176 valence electrons. The van der Waals surface area contributed by atoms with Gasteiger partial charge < -0.3 is 15.5 Å². The maximum absolute atomic E-state index is 13.8. The van der Waals surface area contributed by atoms with E-state index in [9.17, 15) is 18.8 Å². The molecule has 0 unspecified atom stereocenters. The lowest BCUT2D eigenvalue weighted by Gasteiger charge is -2.41. The minimum absolute atomic E-state index is 0.00303. The fourth-order valence-corrected chi connectivity index (χ4v) is 4.51. The summed E-state index contributed by atoms with van der Waals surface area (Å²) in [5, 5.41) is 10.1. The van der Waals surface area contributed by atoms with Crippen molar-refractivity contribution in [2.45, 2.75) is 70.1 Å². The molecule has 2 aliphatic rings. The van der Waals surface area contributed by atoms with Crippen molar-refractivity contribution in [3.05, 3.63) is 53.1 Å². The molecule has 1 saturated carbocycles. The first-order valence-corrected chi connectivity index (χ1v) is 11.5. The van der Waals surface area contributed by atoms with Crippen molar-refractivity contribution in [2.24, 2.45) is 0 Å². The quantitative estimate of drug-likeness (QED) is 0.678. The Kier molecular flexibility index (Phi) is 6.49. The molecule has 0 saturated heterocycles. The summed E-state index contributed by atoms with van der Waals surface area (Å²) in [6.07, 6.45) is 6.43. The van der Waals surface area contributed by atoms with Crippen LogP contribution in [0.5, 0.6) is 0 Å². The van der Waals surface area contributed by atoms with Gasteiger partial charge in [-0.25, -0.2) is 4.39 Å². The maximum Gasteiger partial charge on any atom is 0.272 e. The van der Waals surface area contributed by atoms with E-state index in [2.05, 4.69) is 15.7 Å². The van der Waals surface area contributed by atoms with Gasteiger partial charge in [0.1, 0.15) is 17.1 Å². The van der Waals surface area contributed by atoms with Gasteiger partial charge in [0, 0.05) is 31.3 Å². The van der Waals surface area contributed by atoms with Crippen LogP contribution in [0, 0.1) is 5.82 Å². The Labute approximate surface area is 192 Å². The van der Waals surface area contributed by atoms with E-state index in [1.54, 1.807) is 32.2 Å². The number of carbonyl (C=O) groups is 3. The zero-order chi connectivity index (χ0) is 23.6. The summed E-state index contributed by atoms with van der Waals surface area (Å²) < 4.78 is 15.2. The van der Waals surface area contributed by atoms with Crippen LogP contribution in [-0.2, 0) is 17.9 Å². The summed E-state index contributed by atoms with van der Waals surface area (Å²) in [5.74, 6) is -1.51. The lowest BCUT2D eigenvalue weighted by atomic mass is 9.95. The van der Waals surface area contributed by atoms with Crippen LogP contribution in [0.2, 0.25) is 0 Å². The van der Waals surface area contributed by atoms with Crippen LogP contribution in [0.1, 0.15) is 72.0 Å². The summed E-state index contributed by atoms with van der Waals surface area (Å²) >= 11 is 0. The Morgan fingerprint density at radius 2 is 1.88 bits per heavy atom. The summed E-state index contributed by atoms with van der Waals surface area (Å²) in [7, 11) is 1.60. The second-order valence-electron chi connectivity index (χ2n) is 9.15. The van der Waals surface area contributed by atoms with Gasteiger partial charge in [-0.3, -0.25) is 19.1 Å². The molecule has 3 amide bonds. The van der Waals surface area contributed by atoms with Crippen LogP contribution in [-0.4, -0.2) is 51.0 Å². The summed E-state index contributed by atoms with van der Waals surface area (Å²) in [4.78, 5) is 40.3. The van der Waals surface area contributed by atoms with Crippen molar-refractivity contribution >= 4 is 17.7 Å². The van der Waals surface area contributed by atoms with Crippen LogP contribution in [0.15, 0.2) is 30.3 Å². The summed E-state index contributed by atoms with van der Waals surface area (Å²) in [5.41, 5.74) is -0.471. The van der Waals surface area contributed by atoms with E-state index < -0.39 is 17.3 Å². The number of nitrogens with one attached hydrogen (secondary N) is 2. The fraction of sp³-hybridized carbons (Fsp3) is 0.500. The summed E-state index contributed by atoms with van der Waals surface area (Å²) in [6, 6.07) is 7.71. The van der Waals surface area contributed by atoms with Crippen LogP contribution in [0.3, 0.4) is 0 Å². The van der Waals surface area contributed by atoms with Gasteiger partial charge in [0.2, 0.25) is 5.91 Å². The predicted molar refractivity (Wildman–Crippen MR) is 120 cm³/mol. The Bertz CT molecular complexity index is 1060. The molecule has 0 radical (unpaired) electrons. The molecule has 1 aromatic carbocycles. The molecule has 1 aliphatic carbocycles. The van der Waals surface area contributed by atoms with Crippen molar-refractivity contribution in [3.63, 3.8) is 0 Å². The van der Waals surface area contributed by atoms with Gasteiger partial charge in [-0.1, -0.05) is 43.9 Å². The topological polar surface area (TPSA) is 96.3 Å². The third-order valence-corrected chi connectivity index (χ3v) is 6.81. The summed E-state index contributed by atoms with van der Waals surface area (Å²) in [6.45, 7) is 1.87. The highest BCUT2D eigenvalue weighted by Gasteiger charge is 2.46. The second-order valence-corrected chi connectivity index (χ2v) is 9.15. The molecule has 4 rings (SSSR count). The number of fused-ring (bicyclic) bond motifs is 1. The van der Waals surface area contributed by atoms with Crippen LogP contribution in [0.4, 0.5) is 4.39 Å². The van der Waals surface area contributed by atoms with Gasteiger partial charge in [-0.05, 0) is 25.8 Å². The number of aromatic nitrogens is 2. The SMILES string of the molecule is CN1C(=O)c2cc(C(=O)NCc3ccccc3F)nn2C[C@]1(C)C(=O)NC1CCCCCC1. The number of benzene rings is 1. The Morgan fingerprint density at radius 3 is 2.58 bits per heavy atom. The number of likely N-dealkylation sites (N-methyl/N-ethyl adjacent to an activating group) is 1. The highest BCUT2D eigenvalue weighted by Crippen LogP contribution is 2.27. The van der Waals surface area contributed by atoms with Crippen molar-refractivity contribution in [1.82, 2.24) is 25.3 Å². The zero-order valence-electron chi connectivity index (χ0n) is 19.1. The molecular formula is C24H30FN5O3. The lowest BCUT2D eigenvalue weighted by molar-refractivity contribution is -0.133. The molecule has 1 fully saturated rings. The van der Waals surface area contributed by atoms with E-state index in [1.807, 2.05) is 0 Å². The highest BCUT2D eigenvalue weighted by atomic mass is 19.1. The molecule has 2 N–H and O–H groups in total. The first-order valence-electron chi connectivity index (χ1n) is 11.5. The smallest absolute Gasteiger partial charge is 0.272 e. The Morgan fingerprint density at radius 1 is 1.18 bits per heavy atom. The Balaban J connectivity index is 1.48. The molecule has 1 aromatic heterocycles. The molecule has 1 atom stereocenters. The molecule has 0 spiro atoms. The van der Waals surface area contributed by atoms with E-state index in [0.717, 1.165) is 25.7 Å². The van der Waals surface area contributed by atoms with Crippen LogP contribution >= 0.6 is 0 Å². The number of amides is 3. The van der Waals surface area contributed by atoms with E-state index in [4.69, 9.17) is 0 Å². The highest BCUT2D eigenvalue weighted by molar-refractivity contribution is 6.01. The molecular weight excluding hydrogens is 425 g/mol. The molecule has 2 heterocycles. The number of rotatable bonds is 5. The minimum Gasteiger partial charge on any atom is -0.351 e. The van der Waals surface area contributed by atoms with Gasteiger partial charge in [0.05, 0.1) is 6.54 Å². The lowest BCUT2D eigenvalue weighted by Crippen LogP contribution is -2.63. The average Bonchev–Trinajstić information content (AvgIpc) is 3.05. The Hall–Kier alpha value is -3.23. The number of hydrogen-bond donors (Lipinski definition) is 2. The molecule has 9 heteroatoms. The standard InChI is InChI=1S/C24H30FN5O3/c1-24(23(33)27-17-10-5-3-4-6-11-17)15-30-20(22(32)29(24)2)13-19(28-30)21(31)26-14-16-9-7-8-12-18(16)25/h7-9,12-13,17H,3-6,10-11,14-15H2,1-2H3,(H,26,31)(H,27,33)/t24-/m1/s1. The van der Waals surface area contributed by atoms with Gasteiger partial charge in [0.25, 0.3) is 11.8 Å². The van der Waals surface area contributed by atoms with E-state index in [0.29, 0.717) is 5.56 Å². The number of nitrogens with zero attached hydrogens (tertiary/aromatic N) is 3. The number of carbonyl (C=O) groups excluding carboxylic acids is 3. The largest absolute Gasteiger partial charge is 0.351 e. The molecule has 33 heavy (non-hydrogen) atoms. The average molecular weight is 456 g/mol. The first kappa shape index (κ1) is 22.9. The minimum atomic E-state index is -1.12. The zero-order valence-corrected chi connectivity index (χ0v) is 19.1. The van der Waals surface area contributed by atoms with E-state index in [-0.39, 0.29) is 42.3 Å². The molecule has 1 aliphatic heterocycles. The van der Waals surface area contributed by atoms with Gasteiger partial charge in [-0.15, -0.1) is 0 Å². The van der Waals surface area contributed by atoms with Crippen LogP contribution < -0.4 is 10.6 Å². The maximum atomic E-state index is 13.8. The van der Waals surface area contributed by atoms with E-state index in [1.165, 1.54) is 34.6 Å². The second kappa shape index (κ2) is 9.33. The fourth-order valence-electron chi connectivity index (χ4n) is 4.51. The number of hydrogen-bond acceptors (Lipinski definition) is 4. The third-order valence-electron chi connectivity index (χ3n) is 6.81. The molecule has 0 bridgehead atoms. The van der Waals surface area contributed by atoms with Crippen molar-refractivity contribution in [1.29, 1.82) is 0 Å². The third kappa shape index (κ3) is 4.62. The van der Waals surface area contributed by atoms with E-state index >= 15 is 0 Å². The van der Waals surface area contributed by atoms with Gasteiger partial charge in [0.15, 0.2) is 5.69 Å². The van der Waals surface area contributed by atoms with Gasteiger partial charge in [-0.2, -0.15) is 5.10 Å². The van der Waals surface area contributed by atoms with Gasteiger partial charge >= 0.3 is 0 Å². The first-order chi connectivity index (χ1) is 15.8. The predicted octanol–water partition coefficient (Wildman–Crippen LogP) is 2.64. The van der Waals surface area contributed by atoms with Crippen molar-refractivity contribution in [3.8, 4) is 0 Å².